The molecule has 0 spiro atoms. The number of likely N-dealkylation sites (tertiary alicyclic amines) is 1. The van der Waals surface area contributed by atoms with Gasteiger partial charge in [0.05, 0.1) is 6.54 Å². The topological polar surface area (TPSA) is 40.5 Å². The van der Waals surface area contributed by atoms with Crippen molar-refractivity contribution in [2.24, 2.45) is 5.92 Å². The minimum absolute atomic E-state index is 0. The summed E-state index contributed by atoms with van der Waals surface area (Å²) in [5.41, 5.74) is 2.71. The molecule has 2 aromatic rings. The van der Waals surface area contributed by atoms with Gasteiger partial charge in [-0.25, -0.2) is 0 Å². The van der Waals surface area contributed by atoms with Gasteiger partial charge in [0.1, 0.15) is 0 Å². The van der Waals surface area contributed by atoms with E-state index in [0.29, 0.717) is 11.8 Å². The van der Waals surface area contributed by atoms with Crippen molar-refractivity contribution in [3.8, 4) is 0 Å². The van der Waals surface area contributed by atoms with E-state index in [1.54, 1.807) is 0 Å². The molecule has 0 unspecified atom stereocenters. The highest BCUT2D eigenvalue weighted by atomic mass is 35.5. The number of carboxylic acid groups (broad SMARTS) is 1. The molecule has 4 heteroatoms. The van der Waals surface area contributed by atoms with Gasteiger partial charge in [0, 0.05) is 5.92 Å². The maximum atomic E-state index is 10.9. The van der Waals surface area contributed by atoms with Gasteiger partial charge in [-0.15, -0.1) is 12.4 Å². The Morgan fingerprint density at radius 2 is 1.42 bits per heavy atom. The van der Waals surface area contributed by atoms with Crippen LogP contribution in [0.1, 0.15) is 29.9 Å². The van der Waals surface area contributed by atoms with E-state index < -0.39 is 5.97 Å². The van der Waals surface area contributed by atoms with Crippen LogP contribution in [-0.2, 0) is 4.79 Å². The van der Waals surface area contributed by atoms with Crippen LogP contribution in [0.25, 0.3) is 0 Å². The molecule has 1 saturated heterocycles. The average Bonchev–Trinajstić information content (AvgIpc) is 2.58. The van der Waals surface area contributed by atoms with Crippen LogP contribution in [0.4, 0.5) is 0 Å². The van der Waals surface area contributed by atoms with Crippen LogP contribution in [0.3, 0.4) is 0 Å². The van der Waals surface area contributed by atoms with Crippen molar-refractivity contribution >= 4 is 18.4 Å². The Morgan fingerprint density at radius 3 is 1.83 bits per heavy atom. The first-order valence-electron chi connectivity index (χ1n) is 8.28. The third kappa shape index (κ3) is 4.59. The zero-order valence-corrected chi connectivity index (χ0v) is 14.5. The van der Waals surface area contributed by atoms with Gasteiger partial charge in [-0.05, 0) is 43.0 Å². The van der Waals surface area contributed by atoms with Gasteiger partial charge in [-0.2, -0.15) is 0 Å². The van der Waals surface area contributed by atoms with Crippen LogP contribution in [0.2, 0.25) is 0 Å². The van der Waals surface area contributed by atoms with E-state index in [0.717, 1.165) is 25.9 Å². The second-order valence-corrected chi connectivity index (χ2v) is 6.31. The van der Waals surface area contributed by atoms with E-state index in [4.69, 9.17) is 5.11 Å². The molecule has 0 atom stereocenters. The lowest BCUT2D eigenvalue weighted by atomic mass is 9.76. The number of piperidine rings is 1. The summed E-state index contributed by atoms with van der Waals surface area (Å²) in [5.74, 6) is 0.223. The second kappa shape index (κ2) is 8.86. The Kier molecular flexibility index (Phi) is 6.83. The van der Waals surface area contributed by atoms with Crippen LogP contribution in [0.15, 0.2) is 60.7 Å². The van der Waals surface area contributed by atoms with Crippen molar-refractivity contribution < 1.29 is 9.90 Å². The maximum Gasteiger partial charge on any atom is 0.317 e. The Bertz CT molecular complexity index is 585. The Labute approximate surface area is 149 Å². The summed E-state index contributed by atoms with van der Waals surface area (Å²) < 4.78 is 0. The van der Waals surface area contributed by atoms with Crippen LogP contribution in [-0.4, -0.2) is 35.6 Å². The van der Waals surface area contributed by atoms with E-state index in [1.807, 2.05) is 4.90 Å². The van der Waals surface area contributed by atoms with Crippen LogP contribution < -0.4 is 0 Å². The molecule has 24 heavy (non-hydrogen) atoms. The molecule has 1 heterocycles. The van der Waals surface area contributed by atoms with E-state index in [2.05, 4.69) is 60.7 Å². The number of hydrogen-bond acceptors (Lipinski definition) is 2. The second-order valence-electron chi connectivity index (χ2n) is 6.31. The van der Waals surface area contributed by atoms with E-state index >= 15 is 0 Å². The number of halogens is 1. The number of benzene rings is 2. The summed E-state index contributed by atoms with van der Waals surface area (Å²) in [7, 11) is 0. The third-order valence-electron chi connectivity index (χ3n) is 4.78. The van der Waals surface area contributed by atoms with Crippen LogP contribution >= 0.6 is 12.4 Å². The zero-order valence-electron chi connectivity index (χ0n) is 13.7. The highest BCUT2D eigenvalue weighted by molar-refractivity contribution is 5.85. The molecule has 0 aliphatic carbocycles. The minimum Gasteiger partial charge on any atom is -0.480 e. The Hall–Kier alpha value is -1.84. The van der Waals surface area contributed by atoms with Gasteiger partial charge in [0.15, 0.2) is 0 Å². The summed E-state index contributed by atoms with van der Waals surface area (Å²) >= 11 is 0. The number of aliphatic carboxylic acids is 1. The van der Waals surface area contributed by atoms with Crippen LogP contribution in [0, 0.1) is 5.92 Å². The molecule has 1 N–H and O–H groups in total. The Morgan fingerprint density at radius 1 is 0.958 bits per heavy atom. The number of carbonyl (C=O) groups is 1. The van der Waals surface area contributed by atoms with Gasteiger partial charge < -0.3 is 5.11 Å². The fraction of sp³-hybridized carbons (Fsp3) is 0.350. The first-order chi connectivity index (χ1) is 11.2. The van der Waals surface area contributed by atoms with Crippen molar-refractivity contribution in [2.45, 2.75) is 18.8 Å². The molecule has 0 radical (unpaired) electrons. The highest BCUT2D eigenvalue weighted by Gasteiger charge is 2.29. The van der Waals surface area contributed by atoms with Crippen molar-refractivity contribution in [2.75, 3.05) is 19.6 Å². The molecule has 0 amide bonds. The van der Waals surface area contributed by atoms with Gasteiger partial charge >= 0.3 is 5.97 Å². The predicted molar refractivity (Wildman–Crippen MR) is 98.8 cm³/mol. The Balaban J connectivity index is 0.00000208. The quantitative estimate of drug-likeness (QED) is 0.889. The lowest BCUT2D eigenvalue weighted by Gasteiger charge is -2.36. The lowest BCUT2D eigenvalue weighted by Crippen LogP contribution is -2.38. The fourth-order valence-electron chi connectivity index (χ4n) is 3.69. The molecule has 0 aromatic heterocycles. The summed E-state index contributed by atoms with van der Waals surface area (Å²) in [6.07, 6.45) is 2.09. The van der Waals surface area contributed by atoms with Gasteiger partial charge in [0.2, 0.25) is 0 Å². The van der Waals surface area contributed by atoms with Crippen molar-refractivity contribution in [1.82, 2.24) is 4.90 Å². The summed E-state index contributed by atoms with van der Waals surface area (Å²) in [6, 6.07) is 21.4. The summed E-state index contributed by atoms with van der Waals surface area (Å²) in [4.78, 5) is 12.9. The number of nitrogens with zero attached hydrogens (tertiary/aromatic N) is 1. The molecule has 0 saturated carbocycles. The smallest absolute Gasteiger partial charge is 0.317 e. The predicted octanol–water partition coefficient (Wildman–Crippen LogP) is 4.04. The SMILES string of the molecule is Cl.O=C(O)CN1CCC(C(c2ccccc2)c2ccccc2)CC1. The normalized spacial score (nSPS) is 15.9. The minimum atomic E-state index is -0.730. The molecular formula is C20H24ClNO2. The fourth-order valence-corrected chi connectivity index (χ4v) is 3.69. The summed E-state index contributed by atoms with van der Waals surface area (Å²) in [5, 5.41) is 8.96. The van der Waals surface area contributed by atoms with Gasteiger partial charge in [-0.3, -0.25) is 9.69 Å². The van der Waals surface area contributed by atoms with E-state index in [9.17, 15) is 4.79 Å². The third-order valence-corrected chi connectivity index (χ3v) is 4.78. The van der Waals surface area contributed by atoms with Crippen molar-refractivity contribution in [3.63, 3.8) is 0 Å². The number of carboxylic acids is 1. The van der Waals surface area contributed by atoms with Gasteiger partial charge in [0.25, 0.3) is 0 Å². The van der Waals surface area contributed by atoms with E-state index in [-0.39, 0.29) is 19.0 Å². The molecule has 3 nitrogen and oxygen atoms in total. The zero-order chi connectivity index (χ0) is 16.1. The molecule has 1 fully saturated rings. The van der Waals surface area contributed by atoms with Crippen molar-refractivity contribution in [1.29, 1.82) is 0 Å². The molecule has 128 valence electrons. The molecule has 0 bridgehead atoms. The highest BCUT2D eigenvalue weighted by Crippen LogP contribution is 2.37. The molecule has 3 rings (SSSR count). The van der Waals surface area contributed by atoms with E-state index in [1.165, 1.54) is 11.1 Å². The van der Waals surface area contributed by atoms with Crippen molar-refractivity contribution in [3.05, 3.63) is 71.8 Å². The molecule has 2 aromatic carbocycles. The number of hydrogen-bond donors (Lipinski definition) is 1. The average molecular weight is 346 g/mol. The molecule has 1 aliphatic heterocycles. The lowest BCUT2D eigenvalue weighted by molar-refractivity contribution is -0.138. The standard InChI is InChI=1S/C20H23NO2.ClH/c22-19(23)15-21-13-11-18(12-14-21)20(16-7-3-1-4-8-16)17-9-5-2-6-10-17;/h1-10,18,20H,11-15H2,(H,22,23);1H. The molecular weight excluding hydrogens is 322 g/mol. The first-order valence-corrected chi connectivity index (χ1v) is 8.28. The monoisotopic (exact) mass is 345 g/mol. The first kappa shape index (κ1) is 18.5. The number of rotatable bonds is 5. The summed E-state index contributed by atoms with van der Waals surface area (Å²) in [6.45, 7) is 1.90. The molecule has 1 aliphatic rings. The van der Waals surface area contributed by atoms with Gasteiger partial charge in [-0.1, -0.05) is 60.7 Å². The maximum absolute atomic E-state index is 10.9. The largest absolute Gasteiger partial charge is 0.480 e. The van der Waals surface area contributed by atoms with Crippen LogP contribution in [0.5, 0.6) is 0 Å².